The predicted molar refractivity (Wildman–Crippen MR) is 72.0 cm³/mol. The average Bonchev–Trinajstić information content (AvgIpc) is 2.37. The lowest BCUT2D eigenvalue weighted by molar-refractivity contribution is 0.0942. The summed E-state index contributed by atoms with van der Waals surface area (Å²) in [6.07, 6.45) is 3.03. The van der Waals surface area contributed by atoms with Gasteiger partial charge in [0.15, 0.2) is 0 Å². The molecular formula is C13H10BrF2N3O. The molecule has 0 saturated heterocycles. The van der Waals surface area contributed by atoms with Gasteiger partial charge in [0.25, 0.3) is 5.91 Å². The zero-order valence-electron chi connectivity index (χ0n) is 10.5. The van der Waals surface area contributed by atoms with Gasteiger partial charge in [-0.1, -0.05) is 15.9 Å². The smallest absolute Gasteiger partial charge is 0.257 e. The van der Waals surface area contributed by atoms with Crippen LogP contribution in [0.1, 0.15) is 21.7 Å². The highest BCUT2D eigenvalue weighted by Crippen LogP contribution is 2.19. The van der Waals surface area contributed by atoms with Crippen LogP contribution in [0.25, 0.3) is 0 Å². The van der Waals surface area contributed by atoms with Gasteiger partial charge in [-0.05, 0) is 19.1 Å². The molecule has 7 heteroatoms. The maximum absolute atomic E-state index is 13.6. The van der Waals surface area contributed by atoms with Gasteiger partial charge in [-0.25, -0.2) is 8.78 Å². The molecule has 1 heterocycles. The first-order chi connectivity index (χ1) is 9.47. The van der Waals surface area contributed by atoms with Crippen molar-refractivity contribution in [3.05, 3.63) is 57.6 Å². The zero-order valence-corrected chi connectivity index (χ0v) is 12.0. The number of amides is 1. The Labute approximate surface area is 122 Å². The molecule has 1 aromatic carbocycles. The molecule has 0 aliphatic heterocycles. The molecule has 0 radical (unpaired) electrons. The van der Waals surface area contributed by atoms with E-state index in [0.29, 0.717) is 5.69 Å². The third-order valence-electron chi connectivity index (χ3n) is 2.50. The first-order valence-corrected chi connectivity index (χ1v) is 6.47. The Morgan fingerprint density at radius 3 is 2.45 bits per heavy atom. The Morgan fingerprint density at radius 2 is 1.90 bits per heavy atom. The van der Waals surface area contributed by atoms with Gasteiger partial charge < -0.3 is 5.32 Å². The number of carbonyl (C=O) groups excluding carboxylic acids is 1. The molecule has 0 saturated carbocycles. The van der Waals surface area contributed by atoms with E-state index >= 15 is 0 Å². The summed E-state index contributed by atoms with van der Waals surface area (Å²) >= 11 is 2.95. The fourth-order valence-electron chi connectivity index (χ4n) is 1.53. The Kier molecular flexibility index (Phi) is 4.39. The number of nitrogens with zero attached hydrogens (tertiary/aromatic N) is 2. The van der Waals surface area contributed by atoms with Crippen molar-refractivity contribution < 1.29 is 13.6 Å². The summed E-state index contributed by atoms with van der Waals surface area (Å²) in [6, 6.07) is 2.06. The van der Waals surface area contributed by atoms with Crippen LogP contribution in [0, 0.1) is 18.6 Å². The molecule has 0 unspecified atom stereocenters. The summed E-state index contributed by atoms with van der Waals surface area (Å²) in [5.41, 5.74) is 0.625. The molecule has 0 aliphatic carbocycles. The summed E-state index contributed by atoms with van der Waals surface area (Å²) < 4.78 is 27.4. The maximum Gasteiger partial charge on any atom is 0.257 e. The number of benzene rings is 1. The normalized spacial score (nSPS) is 10.4. The lowest BCUT2D eigenvalue weighted by Gasteiger charge is -2.07. The third kappa shape index (κ3) is 3.36. The number of hydrogen-bond acceptors (Lipinski definition) is 3. The molecule has 1 amide bonds. The van der Waals surface area contributed by atoms with Crippen LogP contribution in [0.4, 0.5) is 8.78 Å². The molecule has 1 N–H and O–H groups in total. The van der Waals surface area contributed by atoms with Crippen LogP contribution < -0.4 is 5.32 Å². The molecule has 0 atom stereocenters. The number of nitrogens with one attached hydrogen (secondary N) is 1. The molecule has 0 spiro atoms. The molecule has 1 aromatic heterocycles. The van der Waals surface area contributed by atoms with E-state index in [-0.39, 0.29) is 11.0 Å². The molecule has 20 heavy (non-hydrogen) atoms. The number of aryl methyl sites for hydroxylation is 1. The highest BCUT2D eigenvalue weighted by atomic mass is 79.9. The summed E-state index contributed by atoms with van der Waals surface area (Å²) in [5.74, 6) is -2.69. The van der Waals surface area contributed by atoms with Crippen molar-refractivity contribution >= 4 is 21.8 Å². The van der Waals surface area contributed by atoms with Gasteiger partial charge in [-0.15, -0.1) is 0 Å². The number of aromatic nitrogens is 2. The van der Waals surface area contributed by atoms with E-state index in [2.05, 4.69) is 31.2 Å². The number of carbonyl (C=O) groups is 1. The first-order valence-electron chi connectivity index (χ1n) is 5.67. The van der Waals surface area contributed by atoms with Crippen LogP contribution in [0.3, 0.4) is 0 Å². The fourth-order valence-corrected chi connectivity index (χ4v) is 1.93. The fraction of sp³-hybridized carbons (Fsp3) is 0.154. The van der Waals surface area contributed by atoms with Crippen LogP contribution in [-0.4, -0.2) is 15.9 Å². The number of rotatable bonds is 3. The maximum atomic E-state index is 13.6. The van der Waals surface area contributed by atoms with Crippen LogP contribution >= 0.6 is 15.9 Å². The van der Waals surface area contributed by atoms with Gasteiger partial charge in [0.05, 0.1) is 24.1 Å². The molecule has 104 valence electrons. The van der Waals surface area contributed by atoms with Crippen molar-refractivity contribution in [3.8, 4) is 0 Å². The van der Waals surface area contributed by atoms with E-state index in [1.165, 1.54) is 6.20 Å². The summed E-state index contributed by atoms with van der Waals surface area (Å²) in [7, 11) is 0. The van der Waals surface area contributed by atoms with E-state index in [1.807, 2.05) is 0 Å². The van der Waals surface area contributed by atoms with Crippen molar-refractivity contribution in [2.45, 2.75) is 13.5 Å². The second-order valence-corrected chi connectivity index (χ2v) is 4.99. The van der Waals surface area contributed by atoms with Crippen LogP contribution in [-0.2, 0) is 6.54 Å². The average molecular weight is 342 g/mol. The van der Waals surface area contributed by atoms with Gasteiger partial charge in [0.2, 0.25) is 0 Å². The number of hydrogen-bond donors (Lipinski definition) is 1. The Morgan fingerprint density at radius 1 is 1.25 bits per heavy atom. The highest BCUT2D eigenvalue weighted by Gasteiger charge is 2.18. The monoisotopic (exact) mass is 341 g/mol. The Hall–Kier alpha value is -1.89. The van der Waals surface area contributed by atoms with Gasteiger partial charge in [0.1, 0.15) is 17.2 Å². The second kappa shape index (κ2) is 6.04. The minimum atomic E-state index is -0.927. The molecule has 0 fully saturated rings. The van der Waals surface area contributed by atoms with E-state index in [0.717, 1.165) is 17.8 Å². The quantitative estimate of drug-likeness (QED) is 0.933. The minimum absolute atomic E-state index is 0.0427. The molecule has 4 nitrogen and oxygen atoms in total. The van der Waals surface area contributed by atoms with Crippen molar-refractivity contribution in [2.75, 3.05) is 0 Å². The molecule has 2 rings (SSSR count). The standard InChI is InChI=1S/C13H10BrF2N3O/c1-7-4-18-9(5-17-7)6-19-13(20)12-10(15)2-8(14)3-11(12)16/h2-5H,6H2,1H3,(H,19,20). The van der Waals surface area contributed by atoms with Crippen molar-refractivity contribution in [1.82, 2.24) is 15.3 Å². The van der Waals surface area contributed by atoms with Crippen LogP contribution in [0.5, 0.6) is 0 Å². The van der Waals surface area contributed by atoms with Gasteiger partial charge >= 0.3 is 0 Å². The lowest BCUT2D eigenvalue weighted by atomic mass is 10.2. The van der Waals surface area contributed by atoms with Crippen LogP contribution in [0.15, 0.2) is 29.0 Å². The summed E-state index contributed by atoms with van der Waals surface area (Å²) in [5, 5.41) is 2.40. The van der Waals surface area contributed by atoms with Crippen molar-refractivity contribution in [3.63, 3.8) is 0 Å². The highest BCUT2D eigenvalue weighted by molar-refractivity contribution is 9.10. The van der Waals surface area contributed by atoms with Crippen LogP contribution in [0.2, 0.25) is 0 Å². The molecule has 0 aliphatic rings. The van der Waals surface area contributed by atoms with Gasteiger partial charge in [0, 0.05) is 10.7 Å². The van der Waals surface area contributed by atoms with Crippen molar-refractivity contribution in [1.29, 1.82) is 0 Å². The van der Waals surface area contributed by atoms with Gasteiger partial charge in [-0.2, -0.15) is 0 Å². The predicted octanol–water partition coefficient (Wildman–Crippen LogP) is 2.76. The summed E-state index contributed by atoms with van der Waals surface area (Å²) in [4.78, 5) is 19.8. The molecule has 0 bridgehead atoms. The number of halogens is 3. The molecule has 2 aromatic rings. The topological polar surface area (TPSA) is 54.9 Å². The second-order valence-electron chi connectivity index (χ2n) is 4.08. The molecular weight excluding hydrogens is 332 g/mol. The first kappa shape index (κ1) is 14.5. The van der Waals surface area contributed by atoms with E-state index in [4.69, 9.17) is 0 Å². The van der Waals surface area contributed by atoms with E-state index in [1.54, 1.807) is 13.1 Å². The SMILES string of the molecule is Cc1cnc(CNC(=O)c2c(F)cc(Br)cc2F)cn1. The van der Waals surface area contributed by atoms with Crippen molar-refractivity contribution in [2.24, 2.45) is 0 Å². The minimum Gasteiger partial charge on any atom is -0.346 e. The third-order valence-corrected chi connectivity index (χ3v) is 2.96. The lowest BCUT2D eigenvalue weighted by Crippen LogP contribution is -2.25. The zero-order chi connectivity index (χ0) is 14.7. The van der Waals surface area contributed by atoms with E-state index in [9.17, 15) is 13.6 Å². The Balaban J connectivity index is 2.11. The summed E-state index contributed by atoms with van der Waals surface area (Å²) in [6.45, 7) is 1.82. The Bertz CT molecular complexity index is 624. The van der Waals surface area contributed by atoms with Gasteiger partial charge in [-0.3, -0.25) is 14.8 Å². The van der Waals surface area contributed by atoms with E-state index < -0.39 is 23.1 Å². The largest absolute Gasteiger partial charge is 0.346 e.